The predicted molar refractivity (Wildman–Crippen MR) is 105 cm³/mol. The summed E-state index contributed by atoms with van der Waals surface area (Å²) in [5, 5.41) is 15.0. The van der Waals surface area contributed by atoms with Crippen LogP contribution in [0.4, 0.5) is 0 Å². The fourth-order valence-electron chi connectivity index (χ4n) is 8.57. The van der Waals surface area contributed by atoms with Crippen molar-refractivity contribution >= 4 is 5.91 Å². The van der Waals surface area contributed by atoms with Gasteiger partial charge in [0.05, 0.1) is 18.8 Å². The third-order valence-corrected chi connectivity index (χ3v) is 9.30. The summed E-state index contributed by atoms with van der Waals surface area (Å²) in [5.74, 6) is 1.07. The Balaban J connectivity index is 1.54. The molecule has 1 amide bonds. The van der Waals surface area contributed by atoms with Gasteiger partial charge in [0.15, 0.2) is 5.79 Å². The number of rotatable bonds is 1. The average Bonchev–Trinajstić information content (AvgIpc) is 3.18. The van der Waals surface area contributed by atoms with Crippen molar-refractivity contribution in [3.8, 4) is 0 Å². The molecule has 4 fully saturated rings. The van der Waals surface area contributed by atoms with Crippen LogP contribution >= 0.6 is 0 Å². The molecule has 2 heterocycles. The molecule has 5 aliphatic rings. The van der Waals surface area contributed by atoms with Crippen LogP contribution in [-0.4, -0.2) is 35.6 Å². The lowest BCUT2D eigenvalue weighted by atomic mass is 9.44. The number of amides is 1. The van der Waals surface area contributed by atoms with E-state index in [0.717, 1.165) is 31.4 Å². The lowest BCUT2D eigenvalue weighted by Crippen LogP contribution is -2.63. The van der Waals surface area contributed by atoms with Gasteiger partial charge >= 0.3 is 0 Å². The predicted octanol–water partition coefficient (Wildman–Crippen LogP) is 3.37. The fraction of sp³-hybridized carbons (Fsp3) is 0.870. The van der Waals surface area contributed by atoms with E-state index >= 15 is 0 Å². The molecule has 2 saturated heterocycles. The molecule has 0 bridgehead atoms. The van der Waals surface area contributed by atoms with Gasteiger partial charge in [-0.2, -0.15) is 0 Å². The molecule has 2 saturated carbocycles. The zero-order valence-corrected chi connectivity index (χ0v) is 17.7. The molecule has 0 radical (unpaired) electrons. The number of hydrogen-bond acceptors (Lipinski definition) is 4. The van der Waals surface area contributed by atoms with Gasteiger partial charge in [0.2, 0.25) is 5.91 Å². The SMILES string of the molecule is CC1([C@H]2CCC3C4CC=C5NC(=O)CC[C@]5(C)C4[C@@](C)(O)C[C@@]32C)OCCO1. The number of piperidine rings is 1. The van der Waals surface area contributed by atoms with Gasteiger partial charge in [-0.05, 0) is 63.2 Å². The number of carbonyl (C=O) groups excluding carboxylic acids is 1. The van der Waals surface area contributed by atoms with E-state index in [9.17, 15) is 9.90 Å². The molecule has 2 aliphatic heterocycles. The summed E-state index contributed by atoms with van der Waals surface area (Å²) in [6.07, 6.45) is 7.63. The van der Waals surface area contributed by atoms with E-state index in [1.807, 2.05) is 6.92 Å². The minimum absolute atomic E-state index is 0.00335. The van der Waals surface area contributed by atoms with Crippen LogP contribution in [-0.2, 0) is 14.3 Å². The molecule has 0 spiro atoms. The van der Waals surface area contributed by atoms with E-state index in [0.29, 0.717) is 37.4 Å². The zero-order valence-electron chi connectivity index (χ0n) is 17.7. The summed E-state index contributed by atoms with van der Waals surface area (Å²) in [6, 6.07) is 0. The molecular formula is C23H35NO4. The number of ether oxygens (including phenoxy) is 2. The van der Waals surface area contributed by atoms with Gasteiger partial charge in [-0.3, -0.25) is 4.79 Å². The Kier molecular flexibility index (Phi) is 3.97. The first-order valence-electron chi connectivity index (χ1n) is 11.1. The van der Waals surface area contributed by atoms with Gasteiger partial charge in [-0.1, -0.05) is 19.9 Å². The summed E-state index contributed by atoms with van der Waals surface area (Å²) in [4.78, 5) is 12.0. The molecule has 2 N–H and O–H groups in total. The van der Waals surface area contributed by atoms with E-state index in [1.165, 1.54) is 6.42 Å². The maximum Gasteiger partial charge on any atom is 0.224 e. The summed E-state index contributed by atoms with van der Waals surface area (Å²) in [7, 11) is 0. The number of carbonyl (C=O) groups is 1. The molecule has 0 aromatic rings. The molecule has 3 aliphatic carbocycles. The van der Waals surface area contributed by atoms with Crippen molar-refractivity contribution in [1.82, 2.24) is 5.32 Å². The molecule has 3 unspecified atom stereocenters. The summed E-state index contributed by atoms with van der Waals surface area (Å²) in [6.45, 7) is 10.1. The second-order valence-electron chi connectivity index (χ2n) is 10.9. The largest absolute Gasteiger partial charge is 0.390 e. The lowest BCUT2D eigenvalue weighted by Gasteiger charge is -2.63. The summed E-state index contributed by atoms with van der Waals surface area (Å²) < 4.78 is 12.2. The molecule has 7 atom stereocenters. The molecule has 28 heavy (non-hydrogen) atoms. The van der Waals surface area contributed by atoms with Gasteiger partial charge in [0.1, 0.15) is 0 Å². The number of allylic oxidation sites excluding steroid dienone is 2. The molecule has 0 aromatic carbocycles. The van der Waals surface area contributed by atoms with Crippen LogP contribution in [0.15, 0.2) is 11.8 Å². The van der Waals surface area contributed by atoms with Crippen LogP contribution in [0.25, 0.3) is 0 Å². The number of aliphatic hydroxyl groups is 1. The minimum atomic E-state index is -0.774. The van der Waals surface area contributed by atoms with E-state index in [-0.39, 0.29) is 22.7 Å². The van der Waals surface area contributed by atoms with E-state index < -0.39 is 11.4 Å². The highest BCUT2D eigenvalue weighted by Gasteiger charge is 2.68. The average molecular weight is 390 g/mol. The zero-order chi connectivity index (χ0) is 19.9. The van der Waals surface area contributed by atoms with Gasteiger partial charge < -0.3 is 19.9 Å². The van der Waals surface area contributed by atoms with Crippen molar-refractivity contribution in [2.75, 3.05) is 13.2 Å². The maximum absolute atomic E-state index is 12.0. The highest BCUT2D eigenvalue weighted by molar-refractivity contribution is 5.79. The number of nitrogens with one attached hydrogen (secondary N) is 1. The summed E-state index contributed by atoms with van der Waals surface area (Å²) in [5.41, 5.74) is 0.134. The molecule has 5 rings (SSSR count). The Morgan fingerprint density at radius 1 is 1.14 bits per heavy atom. The second kappa shape index (κ2) is 5.83. The van der Waals surface area contributed by atoms with Crippen LogP contribution in [0.5, 0.6) is 0 Å². The molecule has 5 heteroatoms. The monoisotopic (exact) mass is 389 g/mol. The van der Waals surface area contributed by atoms with Crippen molar-refractivity contribution < 1.29 is 19.4 Å². The van der Waals surface area contributed by atoms with Crippen LogP contribution < -0.4 is 5.32 Å². The third kappa shape index (κ3) is 2.39. The first-order valence-corrected chi connectivity index (χ1v) is 11.1. The summed E-state index contributed by atoms with van der Waals surface area (Å²) >= 11 is 0. The standard InChI is InChI=1S/C23H35NO4/c1-20-10-9-18(25)24-17(20)8-5-14-15-6-7-16(23(4)27-11-12-28-23)21(15,2)13-22(3,26)19(14)20/h8,14-16,19,26H,5-7,9-13H2,1-4H3,(H,24,25)/t14?,15?,16-,19?,20-,21-,22-/m0/s1. The van der Waals surface area contributed by atoms with Crippen molar-refractivity contribution in [2.24, 2.45) is 34.5 Å². The van der Waals surface area contributed by atoms with Gasteiger partial charge in [-0.25, -0.2) is 0 Å². The smallest absolute Gasteiger partial charge is 0.224 e. The first-order chi connectivity index (χ1) is 13.1. The van der Waals surface area contributed by atoms with Crippen LogP contribution in [0.1, 0.15) is 66.2 Å². The van der Waals surface area contributed by atoms with Gasteiger partial charge in [-0.15, -0.1) is 0 Å². The van der Waals surface area contributed by atoms with Crippen molar-refractivity contribution in [3.63, 3.8) is 0 Å². The molecular weight excluding hydrogens is 354 g/mol. The minimum Gasteiger partial charge on any atom is -0.390 e. The molecule has 0 aromatic heterocycles. The topological polar surface area (TPSA) is 67.8 Å². The van der Waals surface area contributed by atoms with Gasteiger partial charge in [0.25, 0.3) is 0 Å². The van der Waals surface area contributed by atoms with Crippen molar-refractivity contribution in [2.45, 2.75) is 77.6 Å². The number of fused-ring (bicyclic) bond motifs is 5. The quantitative estimate of drug-likeness (QED) is 0.721. The third-order valence-electron chi connectivity index (χ3n) is 9.30. The first kappa shape index (κ1) is 19.1. The van der Waals surface area contributed by atoms with Crippen molar-refractivity contribution in [3.05, 3.63) is 11.8 Å². The van der Waals surface area contributed by atoms with E-state index in [4.69, 9.17) is 9.47 Å². The van der Waals surface area contributed by atoms with Crippen LogP contribution in [0.3, 0.4) is 0 Å². The van der Waals surface area contributed by atoms with Crippen LogP contribution in [0, 0.1) is 34.5 Å². The van der Waals surface area contributed by atoms with E-state index in [2.05, 4.69) is 32.2 Å². The number of hydrogen-bond donors (Lipinski definition) is 2. The van der Waals surface area contributed by atoms with E-state index in [1.54, 1.807) is 0 Å². The molecule has 156 valence electrons. The highest BCUT2D eigenvalue weighted by atomic mass is 16.7. The van der Waals surface area contributed by atoms with Crippen molar-refractivity contribution in [1.29, 1.82) is 0 Å². The highest BCUT2D eigenvalue weighted by Crippen LogP contribution is 2.69. The normalized spacial score (nSPS) is 52.3. The van der Waals surface area contributed by atoms with Gasteiger partial charge in [0, 0.05) is 29.4 Å². The maximum atomic E-state index is 12.0. The Labute approximate surface area is 168 Å². The van der Waals surface area contributed by atoms with Crippen LogP contribution in [0.2, 0.25) is 0 Å². The second-order valence-corrected chi connectivity index (χ2v) is 10.9. The Morgan fingerprint density at radius 3 is 2.57 bits per heavy atom. The Hall–Kier alpha value is -0.910. The fourth-order valence-corrected chi connectivity index (χ4v) is 8.57. The Bertz CT molecular complexity index is 724. The molecule has 5 nitrogen and oxygen atoms in total. The Morgan fingerprint density at radius 2 is 1.86 bits per heavy atom. The lowest BCUT2D eigenvalue weighted by molar-refractivity contribution is -0.237.